The summed E-state index contributed by atoms with van der Waals surface area (Å²) in [6.45, 7) is 0. The zero-order chi connectivity index (χ0) is 13.9. The number of carbonyl (C=O) groups excluding carboxylic acids is 1. The number of hydrogen-bond donors (Lipinski definition) is 3. The number of phenols is 1. The molecule has 3 rings (SSSR count). The SMILES string of the molecule is O=C(Nc1ccc(O)cc1)C1CCC2CCCCC2N1. The van der Waals surface area contributed by atoms with Gasteiger partial charge in [-0.1, -0.05) is 12.8 Å². The molecule has 2 fully saturated rings. The molecule has 3 atom stereocenters. The third-order valence-electron chi connectivity index (χ3n) is 4.60. The van der Waals surface area contributed by atoms with Crippen LogP contribution in [-0.2, 0) is 4.79 Å². The smallest absolute Gasteiger partial charge is 0.241 e. The van der Waals surface area contributed by atoms with Crippen LogP contribution >= 0.6 is 0 Å². The molecule has 3 N–H and O–H groups in total. The molecule has 1 aromatic rings. The Kier molecular flexibility index (Phi) is 3.92. The number of rotatable bonds is 2. The highest BCUT2D eigenvalue weighted by Crippen LogP contribution is 2.32. The van der Waals surface area contributed by atoms with Gasteiger partial charge in [-0.3, -0.25) is 4.79 Å². The minimum Gasteiger partial charge on any atom is -0.508 e. The van der Waals surface area contributed by atoms with Crippen LogP contribution in [0.4, 0.5) is 5.69 Å². The van der Waals surface area contributed by atoms with Crippen LogP contribution in [0.5, 0.6) is 5.75 Å². The molecule has 0 aromatic heterocycles. The van der Waals surface area contributed by atoms with Crippen LogP contribution < -0.4 is 10.6 Å². The number of piperidine rings is 1. The molecule has 1 aliphatic heterocycles. The normalized spacial score (nSPS) is 29.5. The number of amides is 1. The first kappa shape index (κ1) is 13.4. The van der Waals surface area contributed by atoms with Crippen LogP contribution in [0.15, 0.2) is 24.3 Å². The summed E-state index contributed by atoms with van der Waals surface area (Å²) in [6.07, 6.45) is 7.21. The highest BCUT2D eigenvalue weighted by atomic mass is 16.3. The third kappa shape index (κ3) is 2.96. The van der Waals surface area contributed by atoms with Gasteiger partial charge in [0.2, 0.25) is 5.91 Å². The molecule has 2 aliphatic rings. The molecule has 4 heteroatoms. The molecule has 0 bridgehead atoms. The molecule has 4 nitrogen and oxygen atoms in total. The predicted molar refractivity (Wildman–Crippen MR) is 78.6 cm³/mol. The van der Waals surface area contributed by atoms with E-state index in [1.165, 1.54) is 25.7 Å². The highest BCUT2D eigenvalue weighted by Gasteiger charge is 2.34. The number of aromatic hydroxyl groups is 1. The molecule has 1 saturated heterocycles. The van der Waals surface area contributed by atoms with Crippen molar-refractivity contribution >= 4 is 11.6 Å². The van der Waals surface area contributed by atoms with E-state index < -0.39 is 0 Å². The van der Waals surface area contributed by atoms with Gasteiger partial charge in [0.15, 0.2) is 0 Å². The van der Waals surface area contributed by atoms with Gasteiger partial charge < -0.3 is 15.7 Å². The third-order valence-corrected chi connectivity index (χ3v) is 4.60. The molecule has 3 unspecified atom stereocenters. The van der Waals surface area contributed by atoms with E-state index in [0.717, 1.165) is 24.4 Å². The standard InChI is InChI=1S/C16H22N2O2/c19-13-8-6-12(7-9-13)17-16(20)15-10-5-11-3-1-2-4-14(11)18-15/h6-9,11,14-15,18-19H,1-5,10H2,(H,17,20). The van der Waals surface area contributed by atoms with Crippen LogP contribution in [0.1, 0.15) is 38.5 Å². The second kappa shape index (κ2) is 5.83. The second-order valence-corrected chi connectivity index (χ2v) is 5.98. The van der Waals surface area contributed by atoms with Crippen molar-refractivity contribution in [3.8, 4) is 5.75 Å². The van der Waals surface area contributed by atoms with Gasteiger partial charge in [0.25, 0.3) is 0 Å². The summed E-state index contributed by atoms with van der Waals surface area (Å²) in [4.78, 5) is 12.3. The average molecular weight is 274 g/mol. The van der Waals surface area contributed by atoms with Crippen LogP contribution in [0.3, 0.4) is 0 Å². The maximum Gasteiger partial charge on any atom is 0.241 e. The minimum atomic E-state index is -0.0804. The second-order valence-electron chi connectivity index (χ2n) is 5.98. The monoisotopic (exact) mass is 274 g/mol. The van der Waals surface area contributed by atoms with Gasteiger partial charge in [0, 0.05) is 11.7 Å². The number of nitrogens with one attached hydrogen (secondary N) is 2. The number of phenolic OH excluding ortho intramolecular Hbond substituents is 1. The van der Waals surface area contributed by atoms with Gasteiger partial charge in [-0.25, -0.2) is 0 Å². The number of hydrogen-bond acceptors (Lipinski definition) is 3. The predicted octanol–water partition coefficient (Wildman–Crippen LogP) is 2.64. The molecule has 20 heavy (non-hydrogen) atoms. The summed E-state index contributed by atoms with van der Waals surface area (Å²) in [7, 11) is 0. The Bertz CT molecular complexity index is 472. The zero-order valence-electron chi connectivity index (χ0n) is 11.6. The van der Waals surface area contributed by atoms with Gasteiger partial charge in [-0.05, 0) is 55.9 Å². The molecular formula is C16H22N2O2. The molecule has 0 radical (unpaired) electrons. The number of fused-ring (bicyclic) bond motifs is 1. The van der Waals surface area contributed by atoms with E-state index in [1.807, 2.05) is 0 Å². The fourth-order valence-corrected chi connectivity index (χ4v) is 3.48. The van der Waals surface area contributed by atoms with Crippen LogP contribution in [0.2, 0.25) is 0 Å². The number of anilines is 1. The molecule has 1 saturated carbocycles. The molecule has 0 spiro atoms. The van der Waals surface area contributed by atoms with E-state index in [-0.39, 0.29) is 17.7 Å². The molecule has 1 heterocycles. The van der Waals surface area contributed by atoms with Crippen LogP contribution in [0, 0.1) is 5.92 Å². The first-order valence-electron chi connectivity index (χ1n) is 7.58. The summed E-state index contributed by atoms with van der Waals surface area (Å²) in [5.41, 5.74) is 0.736. The fourth-order valence-electron chi connectivity index (χ4n) is 3.48. The lowest BCUT2D eigenvalue weighted by Gasteiger charge is -2.39. The lowest BCUT2D eigenvalue weighted by atomic mass is 9.77. The quantitative estimate of drug-likeness (QED) is 0.727. The lowest BCUT2D eigenvalue weighted by molar-refractivity contribution is -0.119. The number of benzene rings is 1. The van der Waals surface area contributed by atoms with E-state index in [4.69, 9.17) is 0 Å². The van der Waals surface area contributed by atoms with Crippen molar-refractivity contribution in [2.24, 2.45) is 5.92 Å². The van der Waals surface area contributed by atoms with Crippen molar-refractivity contribution in [3.05, 3.63) is 24.3 Å². The molecule has 1 amide bonds. The fraction of sp³-hybridized carbons (Fsp3) is 0.562. The molecule has 1 aromatic carbocycles. The van der Waals surface area contributed by atoms with E-state index in [9.17, 15) is 9.90 Å². The zero-order valence-corrected chi connectivity index (χ0v) is 11.6. The van der Waals surface area contributed by atoms with Crippen molar-refractivity contribution in [2.75, 3.05) is 5.32 Å². The minimum absolute atomic E-state index is 0.0414. The van der Waals surface area contributed by atoms with E-state index in [0.29, 0.717) is 6.04 Å². The van der Waals surface area contributed by atoms with Gasteiger partial charge in [0.1, 0.15) is 5.75 Å². The Balaban J connectivity index is 1.58. The van der Waals surface area contributed by atoms with Crippen LogP contribution in [-0.4, -0.2) is 23.1 Å². The van der Waals surface area contributed by atoms with Crippen molar-refractivity contribution < 1.29 is 9.90 Å². The average Bonchev–Trinajstić information content (AvgIpc) is 2.49. The van der Waals surface area contributed by atoms with Gasteiger partial charge in [-0.15, -0.1) is 0 Å². The molecule has 1 aliphatic carbocycles. The van der Waals surface area contributed by atoms with Crippen molar-refractivity contribution in [1.29, 1.82) is 0 Å². The summed E-state index contributed by atoms with van der Waals surface area (Å²) in [5.74, 6) is 1.02. The lowest BCUT2D eigenvalue weighted by Crippen LogP contribution is -2.53. The van der Waals surface area contributed by atoms with E-state index >= 15 is 0 Å². The number of carbonyl (C=O) groups is 1. The molecule has 108 valence electrons. The maximum absolute atomic E-state index is 12.3. The van der Waals surface area contributed by atoms with Gasteiger partial charge >= 0.3 is 0 Å². The molecular weight excluding hydrogens is 252 g/mol. The summed E-state index contributed by atoms with van der Waals surface area (Å²) < 4.78 is 0. The maximum atomic E-state index is 12.3. The Morgan fingerprint density at radius 3 is 2.65 bits per heavy atom. The van der Waals surface area contributed by atoms with Crippen LogP contribution in [0.25, 0.3) is 0 Å². The largest absolute Gasteiger partial charge is 0.508 e. The van der Waals surface area contributed by atoms with Crippen molar-refractivity contribution in [1.82, 2.24) is 5.32 Å². The van der Waals surface area contributed by atoms with E-state index in [1.54, 1.807) is 24.3 Å². The van der Waals surface area contributed by atoms with Gasteiger partial charge in [-0.2, -0.15) is 0 Å². The summed E-state index contributed by atoms with van der Waals surface area (Å²) in [5, 5.41) is 15.7. The highest BCUT2D eigenvalue weighted by molar-refractivity contribution is 5.94. The Morgan fingerprint density at radius 2 is 1.85 bits per heavy atom. The Hall–Kier alpha value is -1.55. The van der Waals surface area contributed by atoms with Crippen molar-refractivity contribution in [2.45, 2.75) is 50.6 Å². The van der Waals surface area contributed by atoms with Gasteiger partial charge in [0.05, 0.1) is 6.04 Å². The topological polar surface area (TPSA) is 61.4 Å². The Labute approximate surface area is 119 Å². The summed E-state index contributed by atoms with van der Waals surface area (Å²) >= 11 is 0. The first-order chi connectivity index (χ1) is 9.72. The Morgan fingerprint density at radius 1 is 1.10 bits per heavy atom. The summed E-state index contributed by atoms with van der Waals surface area (Å²) in [6, 6.07) is 7.05. The van der Waals surface area contributed by atoms with E-state index in [2.05, 4.69) is 10.6 Å². The van der Waals surface area contributed by atoms with Crippen molar-refractivity contribution in [3.63, 3.8) is 0 Å². The first-order valence-corrected chi connectivity index (χ1v) is 7.58.